The molecular weight excluding hydrogens is 1180 g/mol. The Kier molecular flexibility index (Phi) is 27.0. The molecule has 27 nitrogen and oxygen atoms in total. The molecule has 0 aromatic heterocycles. The van der Waals surface area contributed by atoms with Gasteiger partial charge in [-0.2, -0.15) is 13.2 Å². The van der Waals surface area contributed by atoms with E-state index in [0.717, 1.165) is 81.3 Å². The molecule has 4 aromatic rings. The number of ether oxygens (including phenoxy) is 4. The summed E-state index contributed by atoms with van der Waals surface area (Å²) in [6, 6.07) is 10.6. The topological polar surface area (TPSA) is 421 Å². The number of non-ortho nitro benzene ring substituents is 1. The van der Waals surface area contributed by atoms with Crippen molar-refractivity contribution in [3.05, 3.63) is 122 Å². The van der Waals surface area contributed by atoms with Crippen molar-refractivity contribution < 1.29 is 101 Å². The number of rotatable bonds is 26. The van der Waals surface area contributed by atoms with E-state index < -0.39 is 154 Å². The smallest absolute Gasteiger partial charge is 0.479 e. The zero-order chi connectivity index (χ0) is 65.7. The number of hydrogen-bond donors (Lipinski definition) is 11. The lowest BCUT2D eigenvalue weighted by Gasteiger charge is -2.42. The van der Waals surface area contributed by atoms with E-state index in [2.05, 4.69) is 28.2 Å². The number of aliphatic carboxylic acids is 2. The van der Waals surface area contributed by atoms with E-state index in [9.17, 15) is 82.9 Å². The zero-order valence-electron chi connectivity index (χ0n) is 48.8. The lowest BCUT2D eigenvalue weighted by molar-refractivity contribution is -0.385. The molecule has 10 atom stereocenters. The summed E-state index contributed by atoms with van der Waals surface area (Å²) in [5.74, 6) is -10.4. The number of nitrogens with zero attached hydrogens (tertiary/aromatic N) is 2. The maximum absolute atomic E-state index is 14.8. The van der Waals surface area contributed by atoms with E-state index >= 15 is 0 Å². The lowest BCUT2D eigenvalue weighted by Crippen LogP contribution is -2.65. The predicted octanol–water partition coefficient (Wildman–Crippen LogP) is 5.69. The molecule has 4 amide bonds. The molecule has 5 unspecified atom stereocenters. The SMILES string of the molecule is CCCCCCCCCCCC(=O)NC1C(Oc2c(Oc3ccc([N+](=O)[O-])cc3)cc3cc2Oc2ccc(cc2[N+](=O)[O-])C[C@@H](NC(=O)[C@H](N)CC(C)C)C(=O)N[C@@H](Cc2ccccc2)C(=O)N[C@H]3[C@H](O)C(=O)O)OC(CO)C(O)C1O.O=C(O)C(F)(F)F. The van der Waals surface area contributed by atoms with Crippen LogP contribution in [-0.4, -0.2) is 144 Å². The molecule has 3 aliphatic rings. The number of aliphatic hydroxyl groups is 4. The number of aliphatic hydroxyl groups excluding tert-OH is 4. The van der Waals surface area contributed by atoms with Crippen LogP contribution in [0.3, 0.4) is 0 Å². The van der Waals surface area contributed by atoms with Gasteiger partial charge >= 0.3 is 23.8 Å². The molecule has 0 radical (unpaired) electrons. The molecule has 12 N–H and O–H groups in total. The highest BCUT2D eigenvalue weighted by Gasteiger charge is 2.47. The minimum Gasteiger partial charge on any atom is -0.479 e. The summed E-state index contributed by atoms with van der Waals surface area (Å²) < 4.78 is 56.9. The average Bonchev–Trinajstić information content (AvgIpc) is 1.64. The number of unbranched alkanes of at least 4 members (excludes halogenated alkanes) is 8. The van der Waals surface area contributed by atoms with Crippen LogP contribution in [0.5, 0.6) is 28.7 Å². The second-order valence-corrected chi connectivity index (χ2v) is 21.7. The fourth-order valence-corrected chi connectivity index (χ4v) is 9.56. The van der Waals surface area contributed by atoms with Crippen LogP contribution < -0.4 is 41.2 Å². The summed E-state index contributed by atoms with van der Waals surface area (Å²) in [6.45, 7) is 4.91. The van der Waals surface area contributed by atoms with Crippen LogP contribution in [0.2, 0.25) is 0 Å². The summed E-state index contributed by atoms with van der Waals surface area (Å²) in [4.78, 5) is 102. The van der Waals surface area contributed by atoms with Crippen molar-refractivity contribution in [3.8, 4) is 28.7 Å². The van der Waals surface area contributed by atoms with Crippen LogP contribution in [0, 0.1) is 26.1 Å². The first kappa shape index (κ1) is 71.2. The molecule has 0 spiro atoms. The Morgan fingerprint density at radius 1 is 0.820 bits per heavy atom. The molecule has 7 rings (SSSR count). The van der Waals surface area contributed by atoms with Crippen LogP contribution in [0.4, 0.5) is 24.5 Å². The van der Waals surface area contributed by atoms with Crippen molar-refractivity contribution in [2.45, 2.75) is 171 Å². The molecule has 1 fully saturated rings. The van der Waals surface area contributed by atoms with Gasteiger partial charge in [0.2, 0.25) is 41.4 Å². The lowest BCUT2D eigenvalue weighted by atomic mass is 9.96. The van der Waals surface area contributed by atoms with Gasteiger partial charge in [0.05, 0.1) is 28.5 Å². The molecule has 0 aliphatic carbocycles. The first-order chi connectivity index (χ1) is 42.1. The molecule has 3 aliphatic heterocycles. The summed E-state index contributed by atoms with van der Waals surface area (Å²) >= 11 is 0. The normalized spacial score (nSPS) is 20.9. The quantitative estimate of drug-likeness (QED) is 0.0204. The highest BCUT2D eigenvalue weighted by atomic mass is 19.4. The molecule has 1 saturated heterocycles. The van der Waals surface area contributed by atoms with E-state index in [1.807, 2.05) is 13.8 Å². The number of alkyl halides is 3. The maximum Gasteiger partial charge on any atom is 0.490 e. The predicted molar refractivity (Wildman–Crippen MR) is 308 cm³/mol. The summed E-state index contributed by atoms with van der Waals surface area (Å²) in [5.41, 5.74) is 5.36. The van der Waals surface area contributed by atoms with Gasteiger partial charge in [-0.05, 0) is 65.8 Å². The van der Waals surface area contributed by atoms with E-state index in [1.165, 1.54) is 18.2 Å². The van der Waals surface area contributed by atoms with Crippen molar-refractivity contribution in [3.63, 3.8) is 0 Å². The monoisotopic (exact) mass is 1260 g/mol. The van der Waals surface area contributed by atoms with Crippen LogP contribution in [0.1, 0.15) is 114 Å². The van der Waals surface area contributed by atoms with Gasteiger partial charge in [-0.1, -0.05) is 109 Å². The Bertz CT molecular complexity index is 3070. The third-order valence-electron chi connectivity index (χ3n) is 14.2. The van der Waals surface area contributed by atoms with E-state index in [0.29, 0.717) is 18.4 Å². The van der Waals surface area contributed by atoms with Gasteiger partial charge in [-0.15, -0.1) is 0 Å². The number of fused-ring (bicyclic) bond motifs is 9. The Morgan fingerprint density at radius 3 is 2.02 bits per heavy atom. The fourth-order valence-electron chi connectivity index (χ4n) is 9.56. The van der Waals surface area contributed by atoms with Crippen molar-refractivity contribution in [2.75, 3.05) is 6.61 Å². The molecule has 0 saturated carbocycles. The minimum atomic E-state index is -5.08. The van der Waals surface area contributed by atoms with E-state index in [-0.39, 0.29) is 47.7 Å². The second-order valence-electron chi connectivity index (χ2n) is 21.7. The molecule has 30 heteroatoms. The van der Waals surface area contributed by atoms with E-state index in [1.54, 1.807) is 30.3 Å². The number of nitrogens with one attached hydrogen (secondary N) is 4. The van der Waals surface area contributed by atoms with Crippen LogP contribution in [0.15, 0.2) is 84.9 Å². The maximum atomic E-state index is 14.8. The molecule has 486 valence electrons. The summed E-state index contributed by atoms with van der Waals surface area (Å²) in [5, 5.41) is 97.4. The minimum absolute atomic E-state index is 0.0176. The van der Waals surface area contributed by atoms with Crippen LogP contribution >= 0.6 is 0 Å². The number of amides is 4. The highest BCUT2D eigenvalue weighted by Crippen LogP contribution is 2.47. The first-order valence-corrected chi connectivity index (χ1v) is 28.7. The van der Waals surface area contributed by atoms with Gasteiger partial charge in [0.15, 0.2) is 17.6 Å². The molecule has 89 heavy (non-hydrogen) atoms. The number of carboxylic acid groups (broad SMARTS) is 2. The first-order valence-electron chi connectivity index (χ1n) is 28.7. The zero-order valence-corrected chi connectivity index (χ0v) is 48.8. The summed E-state index contributed by atoms with van der Waals surface area (Å²) in [7, 11) is 0. The van der Waals surface area contributed by atoms with Crippen LogP contribution in [-0.2, 0) is 46.3 Å². The van der Waals surface area contributed by atoms with E-state index in [4.69, 9.17) is 34.6 Å². The number of halogens is 3. The highest BCUT2D eigenvalue weighted by molar-refractivity contribution is 5.94. The number of nitro benzene ring substituents is 2. The fraction of sp³-hybridized carbons (Fsp3) is 0.492. The van der Waals surface area contributed by atoms with Gasteiger partial charge in [0.1, 0.15) is 42.2 Å². The standard InChI is InChI=1S/C57H73N7O18.C2HF3O2/c1-4-5-6-7-8-9-10-11-15-18-46(66)61-48-50(68)49(67)45(31-65)81-57(48)82-52-43(79-37-22-20-36(21-23-37)63(75)76)29-35-30-44(52)80-42-24-19-34(28-41(42)64(77)78)27-40(59-53(70)38(58)25-32(2)3)54(71)60-39(26-33-16-13-12-14-17-33)55(72)62-47(35)51(69)56(73)74;3-2(4,5)1(6)7/h12-14,16-17,19-24,28-30,32,38-40,45,47-51,57,65,67-69H,4-11,15,18,25-27,31,58H2,1-3H3,(H,59,70)(H,60,71)(H,61,66)(H,62,72)(H,73,74);(H,6,7)/t38-,39+,40-,45?,47-,48?,49?,50?,51+,57?;/m1./s1. The third-order valence-corrected chi connectivity index (χ3v) is 14.2. The van der Waals surface area contributed by atoms with Gasteiger partial charge in [0.25, 0.3) is 5.69 Å². The number of nitrogens with two attached hydrogens (primary N) is 1. The number of nitro groups is 2. The van der Waals surface area contributed by atoms with Gasteiger partial charge < -0.3 is 76.6 Å². The number of carbonyl (C=O) groups excluding carboxylic acids is 4. The van der Waals surface area contributed by atoms with Gasteiger partial charge in [-0.3, -0.25) is 39.4 Å². The Morgan fingerprint density at radius 2 is 1.45 bits per heavy atom. The van der Waals surface area contributed by atoms with Crippen molar-refractivity contribution in [1.29, 1.82) is 0 Å². The number of benzene rings is 4. The number of hydrogen-bond acceptors (Lipinski definition) is 19. The van der Waals surface area contributed by atoms with Crippen LogP contribution in [0.25, 0.3) is 0 Å². The average molecular weight is 1260 g/mol. The number of carbonyl (C=O) groups is 6. The second kappa shape index (κ2) is 33.7. The third kappa shape index (κ3) is 21.3. The van der Waals surface area contributed by atoms with Crippen molar-refractivity contribution >= 4 is 46.9 Å². The molecule has 3 heterocycles. The Labute approximate surface area is 508 Å². The molecule has 4 aromatic carbocycles. The largest absolute Gasteiger partial charge is 0.490 e. The van der Waals surface area contributed by atoms with Gasteiger partial charge in [0, 0.05) is 37.5 Å². The Hall–Kier alpha value is -8.55. The molecule has 4 bridgehead atoms. The van der Waals surface area contributed by atoms with Crippen molar-refractivity contribution in [2.24, 2.45) is 11.7 Å². The number of carboxylic acids is 2. The molecular formula is C59H74F3N7O20. The summed E-state index contributed by atoms with van der Waals surface area (Å²) in [6.07, 6.45) is -6.57. The Balaban J connectivity index is 0.00000194. The van der Waals surface area contributed by atoms with Gasteiger partial charge in [-0.25, -0.2) is 9.59 Å². The van der Waals surface area contributed by atoms with Crippen molar-refractivity contribution in [1.82, 2.24) is 21.3 Å².